The van der Waals surface area contributed by atoms with Crippen molar-refractivity contribution in [1.29, 1.82) is 0 Å². The summed E-state index contributed by atoms with van der Waals surface area (Å²) in [5.74, 6) is -1.03. The summed E-state index contributed by atoms with van der Waals surface area (Å²) in [5, 5.41) is 3.44. The maximum atomic E-state index is 12.4. The first-order valence-electron chi connectivity index (χ1n) is 7.88. The number of hydrogen-bond donors (Lipinski definition) is 1. The summed E-state index contributed by atoms with van der Waals surface area (Å²) in [6, 6.07) is 10.2. The summed E-state index contributed by atoms with van der Waals surface area (Å²) in [4.78, 5) is 24.5. The van der Waals surface area contributed by atoms with E-state index >= 15 is 0 Å². The van der Waals surface area contributed by atoms with Gasteiger partial charge in [-0.15, -0.1) is 0 Å². The Labute approximate surface area is 157 Å². The quantitative estimate of drug-likeness (QED) is 0.739. The highest BCUT2D eigenvalue weighted by atomic mass is 35.5. The number of benzene rings is 2. The number of para-hydroxylation sites is 1. The molecule has 0 aliphatic rings. The molecule has 6 heteroatoms. The van der Waals surface area contributed by atoms with Gasteiger partial charge < -0.3 is 10.1 Å². The van der Waals surface area contributed by atoms with Crippen molar-refractivity contribution in [2.24, 2.45) is 0 Å². The van der Waals surface area contributed by atoms with Crippen LogP contribution < -0.4 is 5.32 Å². The van der Waals surface area contributed by atoms with Crippen LogP contribution in [-0.2, 0) is 16.0 Å². The van der Waals surface area contributed by atoms with Crippen molar-refractivity contribution >= 4 is 40.8 Å². The van der Waals surface area contributed by atoms with Crippen molar-refractivity contribution in [1.82, 2.24) is 0 Å². The van der Waals surface area contributed by atoms with Crippen molar-refractivity contribution in [3.8, 4) is 0 Å². The standard InChI is InChI=1S/C19H19Cl2NO3/c1-4-13-7-5-6-11(2)17(13)22-18(23)12(3)25-19(24)14-8-9-15(20)16(21)10-14/h5-10,12H,4H2,1-3H3,(H,22,23)/t12-/m1/s1. The fourth-order valence-electron chi connectivity index (χ4n) is 2.33. The fourth-order valence-corrected chi connectivity index (χ4v) is 2.63. The van der Waals surface area contributed by atoms with E-state index in [-0.39, 0.29) is 10.6 Å². The highest BCUT2D eigenvalue weighted by Crippen LogP contribution is 2.24. The Morgan fingerprint density at radius 2 is 1.88 bits per heavy atom. The highest BCUT2D eigenvalue weighted by molar-refractivity contribution is 6.42. The van der Waals surface area contributed by atoms with Gasteiger partial charge in [0.15, 0.2) is 6.10 Å². The van der Waals surface area contributed by atoms with E-state index in [0.717, 1.165) is 23.2 Å². The Kier molecular flexibility index (Phi) is 6.45. The van der Waals surface area contributed by atoms with Gasteiger partial charge in [-0.05, 0) is 49.6 Å². The minimum atomic E-state index is -0.953. The maximum absolute atomic E-state index is 12.4. The maximum Gasteiger partial charge on any atom is 0.338 e. The molecular formula is C19H19Cl2NO3. The molecule has 1 amide bonds. The number of anilines is 1. The molecular weight excluding hydrogens is 361 g/mol. The van der Waals surface area contributed by atoms with Crippen LogP contribution in [0.5, 0.6) is 0 Å². The average Bonchev–Trinajstić information content (AvgIpc) is 2.58. The Balaban J connectivity index is 2.08. The molecule has 2 rings (SSSR count). The monoisotopic (exact) mass is 379 g/mol. The van der Waals surface area contributed by atoms with Gasteiger partial charge in [0, 0.05) is 5.69 Å². The molecule has 132 valence electrons. The number of esters is 1. The zero-order valence-electron chi connectivity index (χ0n) is 14.2. The molecule has 0 heterocycles. The summed E-state index contributed by atoms with van der Waals surface area (Å²) in [6.07, 6.45) is -0.166. The molecule has 1 atom stereocenters. The van der Waals surface area contributed by atoms with Crippen LogP contribution in [0.2, 0.25) is 10.0 Å². The van der Waals surface area contributed by atoms with E-state index in [2.05, 4.69) is 5.32 Å². The predicted molar refractivity (Wildman–Crippen MR) is 101 cm³/mol. The first kappa shape index (κ1) is 19.3. The van der Waals surface area contributed by atoms with Gasteiger partial charge in [0.1, 0.15) is 0 Å². The van der Waals surface area contributed by atoms with Crippen LogP contribution in [0.1, 0.15) is 35.3 Å². The molecule has 0 aromatic heterocycles. The molecule has 0 saturated heterocycles. The van der Waals surface area contributed by atoms with Gasteiger partial charge in [0.05, 0.1) is 15.6 Å². The van der Waals surface area contributed by atoms with Gasteiger partial charge in [0.2, 0.25) is 0 Å². The summed E-state index contributed by atoms with van der Waals surface area (Å²) in [5.41, 5.74) is 2.97. The number of aryl methyl sites for hydroxylation is 2. The molecule has 0 fully saturated rings. The van der Waals surface area contributed by atoms with Crippen LogP contribution in [0.4, 0.5) is 5.69 Å². The van der Waals surface area contributed by atoms with Crippen molar-refractivity contribution in [3.63, 3.8) is 0 Å². The summed E-state index contributed by atoms with van der Waals surface area (Å²) in [7, 11) is 0. The van der Waals surface area contributed by atoms with Crippen LogP contribution in [0.15, 0.2) is 36.4 Å². The van der Waals surface area contributed by atoms with Crippen LogP contribution in [0.25, 0.3) is 0 Å². The first-order valence-corrected chi connectivity index (χ1v) is 8.64. The molecule has 0 aliphatic heterocycles. The summed E-state index contributed by atoms with van der Waals surface area (Å²) < 4.78 is 5.23. The minimum absolute atomic E-state index is 0.235. The molecule has 4 nitrogen and oxygen atoms in total. The lowest BCUT2D eigenvalue weighted by Crippen LogP contribution is -2.30. The number of nitrogens with one attached hydrogen (secondary N) is 1. The zero-order chi connectivity index (χ0) is 18.6. The minimum Gasteiger partial charge on any atom is -0.449 e. The molecule has 25 heavy (non-hydrogen) atoms. The molecule has 0 radical (unpaired) electrons. The predicted octanol–water partition coefficient (Wildman–Crippen LogP) is 5.05. The van der Waals surface area contributed by atoms with Gasteiger partial charge in [-0.3, -0.25) is 4.79 Å². The molecule has 0 saturated carbocycles. The van der Waals surface area contributed by atoms with E-state index < -0.39 is 18.0 Å². The molecule has 0 unspecified atom stereocenters. The van der Waals surface area contributed by atoms with E-state index in [1.165, 1.54) is 25.1 Å². The molecule has 2 aromatic carbocycles. The second kappa shape index (κ2) is 8.37. The largest absolute Gasteiger partial charge is 0.449 e. The number of hydrogen-bond acceptors (Lipinski definition) is 3. The molecule has 1 N–H and O–H groups in total. The lowest BCUT2D eigenvalue weighted by atomic mass is 10.1. The second-order valence-electron chi connectivity index (χ2n) is 5.63. The van der Waals surface area contributed by atoms with E-state index in [1.54, 1.807) is 0 Å². The van der Waals surface area contributed by atoms with E-state index in [0.29, 0.717) is 5.02 Å². The van der Waals surface area contributed by atoms with E-state index in [9.17, 15) is 9.59 Å². The summed E-state index contributed by atoms with van der Waals surface area (Å²) in [6.45, 7) is 5.45. The number of amides is 1. The highest BCUT2D eigenvalue weighted by Gasteiger charge is 2.21. The molecule has 0 aliphatic carbocycles. The number of halogens is 2. The topological polar surface area (TPSA) is 55.4 Å². The Morgan fingerprint density at radius 1 is 1.16 bits per heavy atom. The van der Waals surface area contributed by atoms with E-state index in [4.69, 9.17) is 27.9 Å². The molecule has 2 aromatic rings. The van der Waals surface area contributed by atoms with Crippen LogP contribution >= 0.6 is 23.2 Å². The lowest BCUT2D eigenvalue weighted by molar-refractivity contribution is -0.123. The smallest absolute Gasteiger partial charge is 0.338 e. The van der Waals surface area contributed by atoms with Gasteiger partial charge in [-0.25, -0.2) is 4.79 Å². The number of rotatable bonds is 5. The third-order valence-corrected chi connectivity index (χ3v) is 4.54. The zero-order valence-corrected chi connectivity index (χ0v) is 15.7. The Bertz CT molecular complexity index is 805. The van der Waals surface area contributed by atoms with Crippen molar-refractivity contribution in [2.75, 3.05) is 5.32 Å². The molecule has 0 spiro atoms. The van der Waals surface area contributed by atoms with Gasteiger partial charge >= 0.3 is 5.97 Å². The summed E-state index contributed by atoms with van der Waals surface area (Å²) >= 11 is 11.7. The third kappa shape index (κ3) is 4.74. The SMILES string of the molecule is CCc1cccc(C)c1NC(=O)[C@@H](C)OC(=O)c1ccc(Cl)c(Cl)c1. The Hall–Kier alpha value is -2.04. The van der Waals surface area contributed by atoms with Gasteiger partial charge in [-0.1, -0.05) is 48.3 Å². The Morgan fingerprint density at radius 3 is 2.52 bits per heavy atom. The van der Waals surface area contributed by atoms with Crippen LogP contribution in [0, 0.1) is 6.92 Å². The van der Waals surface area contributed by atoms with Crippen molar-refractivity contribution in [2.45, 2.75) is 33.3 Å². The fraction of sp³-hybridized carbons (Fsp3) is 0.263. The second-order valence-corrected chi connectivity index (χ2v) is 6.44. The van der Waals surface area contributed by atoms with Crippen molar-refractivity contribution < 1.29 is 14.3 Å². The van der Waals surface area contributed by atoms with Crippen molar-refractivity contribution in [3.05, 3.63) is 63.1 Å². The normalized spacial score (nSPS) is 11.7. The van der Waals surface area contributed by atoms with E-state index in [1.807, 2.05) is 32.0 Å². The lowest BCUT2D eigenvalue weighted by Gasteiger charge is -2.17. The first-order chi connectivity index (χ1) is 11.8. The number of carbonyl (C=O) groups is 2. The average molecular weight is 380 g/mol. The molecule has 0 bridgehead atoms. The van der Waals surface area contributed by atoms with Gasteiger partial charge in [-0.2, -0.15) is 0 Å². The van der Waals surface area contributed by atoms with Gasteiger partial charge in [0.25, 0.3) is 5.91 Å². The number of ether oxygens (including phenoxy) is 1. The van der Waals surface area contributed by atoms with Crippen LogP contribution in [0.3, 0.4) is 0 Å². The number of carbonyl (C=O) groups excluding carboxylic acids is 2. The van der Waals surface area contributed by atoms with Crippen LogP contribution in [-0.4, -0.2) is 18.0 Å². The third-order valence-electron chi connectivity index (χ3n) is 3.80.